The summed E-state index contributed by atoms with van der Waals surface area (Å²) in [7, 11) is 0. The molecule has 0 radical (unpaired) electrons. The molecule has 0 saturated carbocycles. The normalized spacial score (nSPS) is 10.1. The second kappa shape index (κ2) is 3.81. The van der Waals surface area contributed by atoms with Gasteiger partial charge in [0.15, 0.2) is 5.65 Å². The van der Waals surface area contributed by atoms with Crippen molar-refractivity contribution in [3.05, 3.63) is 23.0 Å². The van der Waals surface area contributed by atoms with Crippen LogP contribution in [0.15, 0.2) is 12.3 Å². The minimum atomic E-state index is 0. The van der Waals surface area contributed by atoms with Crippen molar-refractivity contribution in [3.8, 4) is 0 Å². The molecular weight excluding hydrogens is 202 g/mol. The molecule has 5 N–H and O–H groups in total. The van der Waals surface area contributed by atoms with Gasteiger partial charge in [0.05, 0.1) is 6.20 Å². The van der Waals surface area contributed by atoms with Crippen LogP contribution in [0.5, 0.6) is 0 Å². The molecule has 2 heterocycles. The lowest BCUT2D eigenvalue weighted by Crippen LogP contribution is -2.02. The summed E-state index contributed by atoms with van der Waals surface area (Å²) in [4.78, 5) is 4.30. The van der Waals surface area contributed by atoms with Crippen LogP contribution in [0.1, 0.15) is 12.6 Å². The molecule has 0 atom stereocenters. The van der Waals surface area contributed by atoms with Gasteiger partial charge >= 0.3 is 0 Å². The van der Waals surface area contributed by atoms with Gasteiger partial charge in [-0.2, -0.15) is 9.61 Å². The summed E-state index contributed by atoms with van der Waals surface area (Å²) in [6, 6.07) is 1.80. The maximum absolute atomic E-state index is 5.87. The third-order valence-corrected chi connectivity index (χ3v) is 2.14. The zero-order valence-electron chi connectivity index (χ0n) is 7.87. The zero-order chi connectivity index (χ0) is 9.42. The molecule has 76 valence electrons. The van der Waals surface area contributed by atoms with Crippen LogP contribution in [0.3, 0.4) is 0 Å². The van der Waals surface area contributed by atoms with Crippen molar-refractivity contribution in [2.45, 2.75) is 13.3 Å². The van der Waals surface area contributed by atoms with Gasteiger partial charge in [-0.15, -0.1) is 0 Å². The average Bonchev–Trinajstić information content (AvgIpc) is 2.48. The highest BCUT2D eigenvalue weighted by Gasteiger charge is 2.06. The Bertz CT molecular complexity index is 450. The molecule has 2 aromatic rings. The largest absolute Gasteiger partial charge is 0.384 e. The first-order chi connectivity index (χ1) is 6.22. The molecule has 2 aromatic heterocycles. The van der Waals surface area contributed by atoms with E-state index in [0.717, 1.165) is 12.1 Å². The summed E-state index contributed by atoms with van der Waals surface area (Å²) in [6.45, 7) is 2.02. The smallest absolute Gasteiger partial charge is 0.176 e. The fraction of sp³-hybridized carbons (Fsp3) is 0.250. The third kappa shape index (κ3) is 1.51. The molecular formula is C8H12ClN5. The quantitative estimate of drug-likeness (QED) is 0.754. The number of hydrogen-bond donors (Lipinski definition) is 2. The number of aromatic nitrogens is 3. The summed E-state index contributed by atoms with van der Waals surface area (Å²) in [5.41, 5.74) is 7.29. The van der Waals surface area contributed by atoms with Crippen LogP contribution in [0.2, 0.25) is 5.02 Å². The number of anilines is 1. The highest BCUT2D eigenvalue weighted by atomic mass is 35.5. The maximum Gasteiger partial charge on any atom is 0.176 e. The van der Waals surface area contributed by atoms with Crippen LogP contribution < -0.4 is 11.9 Å². The van der Waals surface area contributed by atoms with Crippen LogP contribution in [0, 0.1) is 0 Å². The van der Waals surface area contributed by atoms with Gasteiger partial charge < -0.3 is 11.9 Å². The molecule has 0 amide bonds. The van der Waals surface area contributed by atoms with Crippen molar-refractivity contribution in [1.29, 1.82) is 0 Å². The highest BCUT2D eigenvalue weighted by molar-refractivity contribution is 6.33. The Hall–Kier alpha value is -1.33. The molecule has 0 spiro atoms. The van der Waals surface area contributed by atoms with Crippen LogP contribution in [0.4, 0.5) is 5.82 Å². The Balaban J connectivity index is 0.000000980. The summed E-state index contributed by atoms with van der Waals surface area (Å²) in [5, 5.41) is 4.52. The van der Waals surface area contributed by atoms with E-state index in [1.807, 2.05) is 6.92 Å². The molecule has 0 saturated heterocycles. The van der Waals surface area contributed by atoms with Crippen LogP contribution in [0.25, 0.3) is 5.65 Å². The van der Waals surface area contributed by atoms with Crippen molar-refractivity contribution < 1.29 is 0 Å². The summed E-state index contributed by atoms with van der Waals surface area (Å²) >= 11 is 5.87. The van der Waals surface area contributed by atoms with E-state index >= 15 is 0 Å². The van der Waals surface area contributed by atoms with E-state index in [4.69, 9.17) is 17.3 Å². The molecule has 0 fully saturated rings. The first kappa shape index (κ1) is 10.7. The topological polar surface area (TPSA) is 91.2 Å². The van der Waals surface area contributed by atoms with E-state index in [9.17, 15) is 0 Å². The van der Waals surface area contributed by atoms with Crippen molar-refractivity contribution >= 4 is 23.1 Å². The molecule has 5 nitrogen and oxygen atoms in total. The van der Waals surface area contributed by atoms with Crippen LogP contribution >= 0.6 is 11.6 Å². The Morgan fingerprint density at radius 3 is 2.93 bits per heavy atom. The molecule has 6 heteroatoms. The maximum atomic E-state index is 5.87. The number of nitrogen functional groups attached to an aromatic ring is 1. The van der Waals surface area contributed by atoms with Gasteiger partial charge in [0, 0.05) is 11.8 Å². The Morgan fingerprint density at radius 1 is 1.57 bits per heavy atom. The Morgan fingerprint density at radius 2 is 2.29 bits per heavy atom. The average molecular weight is 214 g/mol. The van der Waals surface area contributed by atoms with E-state index in [-0.39, 0.29) is 6.15 Å². The Kier molecular flexibility index (Phi) is 2.93. The van der Waals surface area contributed by atoms with Gasteiger partial charge in [-0.3, -0.25) is 0 Å². The van der Waals surface area contributed by atoms with Crippen LogP contribution in [-0.2, 0) is 6.42 Å². The molecule has 0 aromatic carbocycles. The van der Waals surface area contributed by atoms with E-state index in [1.54, 1.807) is 12.3 Å². The van der Waals surface area contributed by atoms with E-state index < -0.39 is 0 Å². The van der Waals surface area contributed by atoms with Crippen molar-refractivity contribution in [3.63, 3.8) is 0 Å². The van der Waals surface area contributed by atoms with Gasteiger partial charge in [0.2, 0.25) is 0 Å². The molecule has 0 bridgehead atoms. The number of rotatable bonds is 1. The number of nitrogens with zero attached hydrogens (tertiary/aromatic N) is 3. The standard InChI is InChI=1S/C8H9ClN4.H3N/c1-2-5-3-7(10)13-8(12-5)6(9)4-11-13;/h3-4H,2,10H2,1H3;1H3. The first-order valence-corrected chi connectivity index (χ1v) is 4.38. The van der Waals surface area contributed by atoms with Gasteiger partial charge in [0.25, 0.3) is 0 Å². The van der Waals surface area contributed by atoms with Gasteiger partial charge in [-0.25, -0.2) is 4.98 Å². The third-order valence-electron chi connectivity index (χ3n) is 1.87. The fourth-order valence-electron chi connectivity index (χ4n) is 1.19. The summed E-state index contributed by atoms with van der Waals surface area (Å²) in [5.74, 6) is 0.564. The van der Waals surface area contributed by atoms with Gasteiger partial charge in [-0.05, 0) is 6.42 Å². The molecule has 14 heavy (non-hydrogen) atoms. The second-order valence-corrected chi connectivity index (χ2v) is 3.16. The highest BCUT2D eigenvalue weighted by Crippen LogP contribution is 2.17. The Labute approximate surface area is 86.5 Å². The lowest BCUT2D eigenvalue weighted by atomic mass is 10.3. The van der Waals surface area contributed by atoms with E-state index in [0.29, 0.717) is 16.5 Å². The fourth-order valence-corrected chi connectivity index (χ4v) is 1.36. The summed E-state index contributed by atoms with van der Waals surface area (Å²) < 4.78 is 1.53. The lowest BCUT2D eigenvalue weighted by molar-refractivity contribution is 0.924. The molecule has 0 aliphatic carbocycles. The molecule has 0 aliphatic rings. The number of halogens is 1. The number of aryl methyl sites for hydroxylation is 1. The van der Waals surface area contributed by atoms with E-state index in [2.05, 4.69) is 10.1 Å². The van der Waals surface area contributed by atoms with Gasteiger partial charge in [0.1, 0.15) is 10.8 Å². The van der Waals surface area contributed by atoms with Crippen LogP contribution in [-0.4, -0.2) is 14.6 Å². The zero-order valence-corrected chi connectivity index (χ0v) is 8.62. The van der Waals surface area contributed by atoms with Crippen molar-refractivity contribution in [2.24, 2.45) is 0 Å². The SMILES string of the molecule is CCc1cc(N)n2ncc(Cl)c2n1.N. The summed E-state index contributed by atoms with van der Waals surface area (Å²) in [6.07, 6.45) is 2.38. The van der Waals surface area contributed by atoms with Crippen molar-refractivity contribution in [1.82, 2.24) is 20.7 Å². The van der Waals surface area contributed by atoms with Gasteiger partial charge in [-0.1, -0.05) is 18.5 Å². The second-order valence-electron chi connectivity index (χ2n) is 2.75. The monoisotopic (exact) mass is 213 g/mol. The molecule has 2 rings (SSSR count). The number of fused-ring (bicyclic) bond motifs is 1. The van der Waals surface area contributed by atoms with E-state index in [1.165, 1.54) is 4.52 Å². The molecule has 0 unspecified atom stereocenters. The minimum Gasteiger partial charge on any atom is -0.384 e. The predicted octanol–water partition coefficient (Wildman–Crippen LogP) is 1.69. The number of nitrogens with two attached hydrogens (primary N) is 1. The first-order valence-electron chi connectivity index (χ1n) is 4.01. The molecule has 0 aliphatic heterocycles. The number of hydrogen-bond acceptors (Lipinski definition) is 4. The predicted molar refractivity (Wildman–Crippen MR) is 56.8 cm³/mol. The minimum absolute atomic E-state index is 0. The lowest BCUT2D eigenvalue weighted by Gasteiger charge is -2.01. The van der Waals surface area contributed by atoms with Crippen molar-refractivity contribution in [2.75, 3.05) is 5.73 Å².